The number of halogens is 2. The van der Waals surface area contributed by atoms with Gasteiger partial charge in [0.15, 0.2) is 0 Å². The first-order valence-electron chi connectivity index (χ1n) is 5.75. The van der Waals surface area contributed by atoms with Gasteiger partial charge in [-0.2, -0.15) is 4.98 Å². The summed E-state index contributed by atoms with van der Waals surface area (Å²) in [6, 6.07) is 6.20. The Bertz CT molecular complexity index is 562. The number of hydrogen-bond acceptors (Lipinski definition) is 4. The number of aromatic nitrogens is 2. The number of benzene rings is 1. The number of hydrogen-bond donors (Lipinski definition) is 0. The van der Waals surface area contributed by atoms with Crippen molar-refractivity contribution in [3.05, 3.63) is 40.8 Å². The van der Waals surface area contributed by atoms with Crippen molar-refractivity contribution in [1.29, 1.82) is 0 Å². The van der Waals surface area contributed by atoms with Gasteiger partial charge in [-0.05, 0) is 47.1 Å². The number of rotatable bonds is 4. The number of methoxy groups -OCH3 is 1. The van der Waals surface area contributed by atoms with Crippen molar-refractivity contribution in [2.75, 3.05) is 18.6 Å². The van der Waals surface area contributed by atoms with E-state index in [0.717, 1.165) is 5.69 Å². The number of nitrogens with zero attached hydrogens (tertiary/aromatic N) is 3. The minimum absolute atomic E-state index is 0.269. The summed E-state index contributed by atoms with van der Waals surface area (Å²) >= 11 is 3.31. The van der Waals surface area contributed by atoms with Crippen LogP contribution in [0.1, 0.15) is 6.92 Å². The van der Waals surface area contributed by atoms with Crippen molar-refractivity contribution >= 4 is 27.6 Å². The molecule has 0 amide bonds. The highest BCUT2D eigenvalue weighted by Crippen LogP contribution is 2.27. The molecule has 100 valence electrons. The van der Waals surface area contributed by atoms with E-state index >= 15 is 0 Å². The van der Waals surface area contributed by atoms with Crippen LogP contribution >= 0.6 is 15.9 Å². The Kier molecular flexibility index (Phi) is 4.31. The normalized spacial score (nSPS) is 10.3. The van der Waals surface area contributed by atoms with Crippen LogP contribution in [0.25, 0.3) is 0 Å². The minimum Gasteiger partial charge on any atom is -0.480 e. The lowest BCUT2D eigenvalue weighted by Gasteiger charge is -2.21. The van der Waals surface area contributed by atoms with Crippen molar-refractivity contribution in [3.8, 4) is 5.88 Å². The summed E-state index contributed by atoms with van der Waals surface area (Å²) < 4.78 is 18.8. The Hall–Kier alpha value is -1.69. The summed E-state index contributed by atoms with van der Waals surface area (Å²) in [4.78, 5) is 10.4. The molecule has 19 heavy (non-hydrogen) atoms. The molecule has 1 aromatic carbocycles. The average Bonchev–Trinajstić information content (AvgIpc) is 2.43. The molecular formula is C13H13BrFN3O. The second-order valence-corrected chi connectivity index (χ2v) is 4.60. The molecule has 0 N–H and O–H groups in total. The maximum atomic E-state index is 13.0. The molecule has 0 saturated carbocycles. The fourth-order valence-electron chi connectivity index (χ4n) is 1.68. The monoisotopic (exact) mass is 325 g/mol. The van der Waals surface area contributed by atoms with Gasteiger partial charge in [0.2, 0.25) is 11.8 Å². The molecule has 0 aliphatic carbocycles. The maximum absolute atomic E-state index is 13.0. The van der Waals surface area contributed by atoms with Crippen LogP contribution in [0.4, 0.5) is 16.0 Å². The van der Waals surface area contributed by atoms with E-state index in [0.29, 0.717) is 22.8 Å². The van der Waals surface area contributed by atoms with E-state index in [1.54, 1.807) is 25.4 Å². The zero-order valence-electron chi connectivity index (χ0n) is 10.6. The molecule has 1 aromatic heterocycles. The van der Waals surface area contributed by atoms with E-state index in [2.05, 4.69) is 25.9 Å². The summed E-state index contributed by atoms with van der Waals surface area (Å²) in [5, 5.41) is 0. The summed E-state index contributed by atoms with van der Waals surface area (Å²) in [5.41, 5.74) is 0.827. The van der Waals surface area contributed by atoms with E-state index in [-0.39, 0.29) is 5.82 Å². The summed E-state index contributed by atoms with van der Waals surface area (Å²) in [6.07, 6.45) is 1.63. The van der Waals surface area contributed by atoms with Crippen LogP contribution in [0.5, 0.6) is 5.88 Å². The molecule has 0 atom stereocenters. The van der Waals surface area contributed by atoms with Crippen molar-refractivity contribution in [3.63, 3.8) is 0 Å². The van der Waals surface area contributed by atoms with E-state index in [9.17, 15) is 4.39 Å². The van der Waals surface area contributed by atoms with E-state index in [4.69, 9.17) is 4.74 Å². The van der Waals surface area contributed by atoms with Gasteiger partial charge in [0.1, 0.15) is 5.82 Å². The van der Waals surface area contributed by atoms with Gasteiger partial charge in [-0.1, -0.05) is 0 Å². The predicted octanol–water partition coefficient (Wildman–Crippen LogP) is 3.54. The lowest BCUT2D eigenvalue weighted by molar-refractivity contribution is 0.394. The molecule has 0 bridgehead atoms. The summed E-state index contributed by atoms with van der Waals surface area (Å²) in [7, 11) is 1.55. The number of ether oxygens (including phenoxy) is 1. The quantitative estimate of drug-likeness (QED) is 0.861. The molecule has 0 spiro atoms. The van der Waals surface area contributed by atoms with Gasteiger partial charge < -0.3 is 9.64 Å². The molecule has 0 saturated heterocycles. The molecule has 4 nitrogen and oxygen atoms in total. The third-order valence-corrected chi connectivity index (χ3v) is 3.13. The second kappa shape index (κ2) is 5.97. The first-order chi connectivity index (χ1) is 9.15. The Morgan fingerprint density at radius 1 is 1.32 bits per heavy atom. The van der Waals surface area contributed by atoms with Crippen LogP contribution in [0.15, 0.2) is 34.9 Å². The SMILES string of the molecule is CCN(c1ccc(F)cc1)c1ncc(Br)c(OC)n1. The second-order valence-electron chi connectivity index (χ2n) is 3.75. The van der Waals surface area contributed by atoms with Gasteiger partial charge in [0.25, 0.3) is 0 Å². The van der Waals surface area contributed by atoms with Crippen LogP contribution in [-0.2, 0) is 0 Å². The minimum atomic E-state index is -0.269. The molecule has 0 radical (unpaired) electrons. The Balaban J connectivity index is 2.39. The van der Waals surface area contributed by atoms with Gasteiger partial charge in [-0.15, -0.1) is 0 Å². The highest BCUT2D eigenvalue weighted by atomic mass is 79.9. The zero-order chi connectivity index (χ0) is 13.8. The van der Waals surface area contributed by atoms with Crippen molar-refractivity contribution in [2.45, 2.75) is 6.92 Å². The molecule has 0 aliphatic heterocycles. The Morgan fingerprint density at radius 3 is 2.58 bits per heavy atom. The zero-order valence-corrected chi connectivity index (χ0v) is 12.2. The molecule has 0 unspecified atom stereocenters. The summed E-state index contributed by atoms with van der Waals surface area (Å²) in [6.45, 7) is 2.64. The third-order valence-electron chi connectivity index (χ3n) is 2.59. The van der Waals surface area contributed by atoms with Crippen LogP contribution in [0, 0.1) is 5.82 Å². The van der Waals surface area contributed by atoms with Gasteiger partial charge in [-0.25, -0.2) is 9.37 Å². The third kappa shape index (κ3) is 3.01. The highest BCUT2D eigenvalue weighted by Gasteiger charge is 2.13. The van der Waals surface area contributed by atoms with Crippen LogP contribution in [0.2, 0.25) is 0 Å². The van der Waals surface area contributed by atoms with E-state index in [1.807, 2.05) is 11.8 Å². The molecule has 2 rings (SSSR count). The molecule has 1 heterocycles. The van der Waals surface area contributed by atoms with Gasteiger partial charge in [0.05, 0.1) is 17.8 Å². The molecule has 0 fully saturated rings. The lowest BCUT2D eigenvalue weighted by Crippen LogP contribution is -2.19. The standard InChI is InChI=1S/C13H13BrFN3O/c1-3-18(10-6-4-9(15)5-7-10)13-16-8-11(14)12(17-13)19-2/h4-8H,3H2,1-2H3. The maximum Gasteiger partial charge on any atom is 0.233 e. The topological polar surface area (TPSA) is 38.2 Å². The smallest absolute Gasteiger partial charge is 0.233 e. The average molecular weight is 326 g/mol. The Labute approximate surface area is 119 Å². The van der Waals surface area contributed by atoms with Gasteiger partial charge in [-0.3, -0.25) is 0 Å². The van der Waals surface area contributed by atoms with Crippen molar-refractivity contribution in [2.24, 2.45) is 0 Å². The van der Waals surface area contributed by atoms with Crippen LogP contribution < -0.4 is 9.64 Å². The van der Waals surface area contributed by atoms with Gasteiger partial charge in [0, 0.05) is 12.2 Å². The molecular weight excluding hydrogens is 313 g/mol. The fourth-order valence-corrected chi connectivity index (χ4v) is 2.03. The van der Waals surface area contributed by atoms with Gasteiger partial charge >= 0.3 is 0 Å². The molecule has 0 aliphatic rings. The van der Waals surface area contributed by atoms with Crippen LogP contribution in [-0.4, -0.2) is 23.6 Å². The Morgan fingerprint density at radius 2 is 2.00 bits per heavy atom. The lowest BCUT2D eigenvalue weighted by atomic mass is 10.3. The largest absolute Gasteiger partial charge is 0.480 e. The highest BCUT2D eigenvalue weighted by molar-refractivity contribution is 9.10. The van der Waals surface area contributed by atoms with E-state index < -0.39 is 0 Å². The summed E-state index contributed by atoms with van der Waals surface area (Å²) in [5.74, 6) is 0.703. The fraction of sp³-hybridized carbons (Fsp3) is 0.231. The molecule has 2 aromatic rings. The number of anilines is 2. The van der Waals surface area contributed by atoms with Crippen molar-refractivity contribution < 1.29 is 9.13 Å². The van der Waals surface area contributed by atoms with Crippen molar-refractivity contribution in [1.82, 2.24) is 9.97 Å². The van der Waals surface area contributed by atoms with E-state index in [1.165, 1.54) is 12.1 Å². The van der Waals surface area contributed by atoms with Crippen LogP contribution in [0.3, 0.4) is 0 Å². The molecule has 6 heteroatoms. The first kappa shape index (κ1) is 13.7. The predicted molar refractivity (Wildman–Crippen MR) is 75.4 cm³/mol. The first-order valence-corrected chi connectivity index (χ1v) is 6.54.